The van der Waals surface area contributed by atoms with Gasteiger partial charge in [-0.15, -0.1) is 12.3 Å². The van der Waals surface area contributed by atoms with Crippen LogP contribution in [0.3, 0.4) is 0 Å². The van der Waals surface area contributed by atoms with Gasteiger partial charge in [0.15, 0.2) is 0 Å². The summed E-state index contributed by atoms with van der Waals surface area (Å²) >= 11 is 0. The molecule has 0 rings (SSSR count). The molecule has 0 aliphatic carbocycles. The minimum atomic E-state index is 0.582. The molecule has 0 saturated carbocycles. The van der Waals surface area contributed by atoms with Crippen molar-refractivity contribution in [1.29, 1.82) is 5.26 Å². The molecule has 0 radical (unpaired) electrons. The van der Waals surface area contributed by atoms with Gasteiger partial charge in [0.05, 0.1) is 6.07 Å². The summed E-state index contributed by atoms with van der Waals surface area (Å²) in [5.74, 6) is 2.45. The largest absolute Gasteiger partial charge is 0.192 e. The van der Waals surface area contributed by atoms with Crippen molar-refractivity contribution in [3.63, 3.8) is 0 Å². The molecule has 1 nitrogen and oxygen atoms in total. The Kier molecular flexibility index (Phi) is 4.83. The van der Waals surface area contributed by atoms with Crippen molar-refractivity contribution in [2.24, 2.45) is 0 Å². The summed E-state index contributed by atoms with van der Waals surface area (Å²) in [6.07, 6.45) is 10.8. The van der Waals surface area contributed by atoms with Crippen molar-refractivity contribution in [3.05, 3.63) is 23.8 Å². The van der Waals surface area contributed by atoms with Crippen molar-refractivity contribution in [2.75, 3.05) is 0 Å². The molecular weight excluding hydrogens is 122 g/mol. The molecule has 0 bridgehead atoms. The molecule has 0 amide bonds. The smallest absolute Gasteiger partial charge is 0.0987 e. The predicted molar refractivity (Wildman–Crippen MR) is 42.0 cm³/mol. The molecule has 0 fully saturated rings. The Labute approximate surface area is 61.7 Å². The number of terminal acetylenes is 1. The van der Waals surface area contributed by atoms with Gasteiger partial charge in [-0.1, -0.05) is 12.2 Å². The molecule has 0 unspecified atom stereocenters. The Morgan fingerprint density at radius 2 is 2.40 bits per heavy atom. The number of nitrogens with zero attached hydrogens (tertiary/aromatic N) is 1. The van der Waals surface area contributed by atoms with Gasteiger partial charge in [-0.25, -0.2) is 0 Å². The van der Waals surface area contributed by atoms with E-state index in [-0.39, 0.29) is 0 Å². The molecule has 0 atom stereocenters. The normalized spacial score (nSPS) is 10.9. The molecule has 0 aromatic rings. The minimum absolute atomic E-state index is 0.582. The zero-order chi connectivity index (χ0) is 7.82. The van der Waals surface area contributed by atoms with Crippen molar-refractivity contribution in [2.45, 2.75) is 13.3 Å². The van der Waals surface area contributed by atoms with E-state index in [1.807, 2.05) is 13.0 Å². The van der Waals surface area contributed by atoms with E-state index in [1.165, 1.54) is 0 Å². The second-order valence-electron chi connectivity index (χ2n) is 1.67. The Bertz CT molecular complexity index is 220. The summed E-state index contributed by atoms with van der Waals surface area (Å²) in [6, 6.07) is 2.02. The Morgan fingerprint density at radius 1 is 1.70 bits per heavy atom. The molecule has 0 aliphatic rings. The van der Waals surface area contributed by atoms with Crippen LogP contribution in [-0.4, -0.2) is 0 Å². The third-order valence-electron chi connectivity index (χ3n) is 0.973. The van der Waals surface area contributed by atoms with Crippen LogP contribution in [0.15, 0.2) is 23.8 Å². The lowest BCUT2D eigenvalue weighted by Crippen LogP contribution is -1.67. The van der Waals surface area contributed by atoms with Crippen molar-refractivity contribution >= 4 is 0 Å². The van der Waals surface area contributed by atoms with E-state index in [1.54, 1.807) is 18.2 Å². The summed E-state index contributed by atoms with van der Waals surface area (Å²) in [5, 5.41) is 8.40. The van der Waals surface area contributed by atoms with Crippen molar-refractivity contribution in [1.82, 2.24) is 0 Å². The van der Waals surface area contributed by atoms with Crippen LogP contribution in [0.1, 0.15) is 13.3 Å². The summed E-state index contributed by atoms with van der Waals surface area (Å²) in [6.45, 7) is 1.82. The third-order valence-corrected chi connectivity index (χ3v) is 0.973. The molecule has 50 valence electrons. The highest BCUT2D eigenvalue weighted by molar-refractivity contribution is 5.32. The fourth-order valence-electron chi connectivity index (χ4n) is 0.452. The lowest BCUT2D eigenvalue weighted by Gasteiger charge is -1.81. The molecule has 0 heterocycles. The van der Waals surface area contributed by atoms with Crippen LogP contribution in [0.2, 0.25) is 0 Å². The monoisotopic (exact) mass is 131 g/mol. The zero-order valence-corrected chi connectivity index (χ0v) is 5.96. The fourth-order valence-corrected chi connectivity index (χ4v) is 0.452. The summed E-state index contributed by atoms with van der Waals surface area (Å²) in [5.41, 5.74) is 0.648. The number of rotatable bonds is 2. The maximum absolute atomic E-state index is 8.40. The maximum atomic E-state index is 8.40. The second-order valence-corrected chi connectivity index (χ2v) is 1.67. The van der Waals surface area contributed by atoms with E-state index < -0.39 is 0 Å². The topological polar surface area (TPSA) is 23.8 Å². The Balaban J connectivity index is 3.92. The van der Waals surface area contributed by atoms with Crippen LogP contribution in [0.5, 0.6) is 0 Å². The standard InChI is InChI=1S/C9H9N/c1-3-5-6-7-9(4-2)8-10/h1,4,6-7H,5H2,2H3/b7-6-,9-4+. The summed E-state index contributed by atoms with van der Waals surface area (Å²) < 4.78 is 0. The van der Waals surface area contributed by atoms with Crippen LogP contribution in [0, 0.1) is 23.7 Å². The first-order valence-electron chi connectivity index (χ1n) is 3.01. The molecule has 10 heavy (non-hydrogen) atoms. The SMILES string of the molecule is C#CC/C=C\C(C#N)=C/C. The maximum Gasteiger partial charge on any atom is 0.0987 e. The quantitative estimate of drug-likeness (QED) is 0.319. The van der Waals surface area contributed by atoms with Crippen LogP contribution < -0.4 is 0 Å². The highest BCUT2D eigenvalue weighted by atomic mass is 14.2. The van der Waals surface area contributed by atoms with Crippen LogP contribution in [0.4, 0.5) is 0 Å². The minimum Gasteiger partial charge on any atom is -0.192 e. The summed E-state index contributed by atoms with van der Waals surface area (Å²) in [7, 11) is 0. The predicted octanol–water partition coefficient (Wildman–Crippen LogP) is 2.04. The highest BCUT2D eigenvalue weighted by Gasteiger charge is 1.81. The molecular formula is C9H9N. The van der Waals surface area contributed by atoms with Crippen molar-refractivity contribution < 1.29 is 0 Å². The Hall–Kier alpha value is -1.47. The van der Waals surface area contributed by atoms with Crippen LogP contribution >= 0.6 is 0 Å². The van der Waals surface area contributed by atoms with Gasteiger partial charge in [-0.2, -0.15) is 5.26 Å². The van der Waals surface area contributed by atoms with Gasteiger partial charge < -0.3 is 0 Å². The van der Waals surface area contributed by atoms with Crippen LogP contribution in [0.25, 0.3) is 0 Å². The molecule has 0 aromatic heterocycles. The average Bonchev–Trinajstić information content (AvgIpc) is 1.99. The van der Waals surface area contributed by atoms with Gasteiger partial charge in [0.1, 0.15) is 0 Å². The van der Waals surface area contributed by atoms with Gasteiger partial charge in [-0.05, 0) is 13.0 Å². The van der Waals surface area contributed by atoms with E-state index in [9.17, 15) is 0 Å². The second kappa shape index (κ2) is 5.66. The van der Waals surface area contributed by atoms with Gasteiger partial charge in [-0.3, -0.25) is 0 Å². The highest BCUT2D eigenvalue weighted by Crippen LogP contribution is 1.94. The molecule has 0 saturated heterocycles. The van der Waals surface area contributed by atoms with Crippen molar-refractivity contribution in [3.8, 4) is 18.4 Å². The fraction of sp³-hybridized carbons (Fsp3) is 0.222. The van der Waals surface area contributed by atoms with E-state index in [0.717, 1.165) is 0 Å². The first-order valence-corrected chi connectivity index (χ1v) is 3.01. The molecule has 0 spiro atoms. The lowest BCUT2D eigenvalue weighted by molar-refractivity contribution is 1.43. The first-order chi connectivity index (χ1) is 4.85. The molecule has 0 aromatic carbocycles. The zero-order valence-electron chi connectivity index (χ0n) is 5.96. The van der Waals surface area contributed by atoms with Gasteiger partial charge in [0.25, 0.3) is 0 Å². The van der Waals surface area contributed by atoms with Crippen LogP contribution in [-0.2, 0) is 0 Å². The summed E-state index contributed by atoms with van der Waals surface area (Å²) in [4.78, 5) is 0. The lowest BCUT2D eigenvalue weighted by atomic mass is 10.2. The Morgan fingerprint density at radius 3 is 2.80 bits per heavy atom. The van der Waals surface area contributed by atoms with Gasteiger partial charge >= 0.3 is 0 Å². The van der Waals surface area contributed by atoms with Gasteiger partial charge in [0.2, 0.25) is 0 Å². The number of hydrogen-bond donors (Lipinski definition) is 0. The molecule has 0 N–H and O–H groups in total. The van der Waals surface area contributed by atoms with E-state index in [4.69, 9.17) is 11.7 Å². The first kappa shape index (κ1) is 8.53. The molecule has 1 heteroatoms. The number of hydrogen-bond acceptors (Lipinski definition) is 1. The number of allylic oxidation sites excluding steroid dienone is 4. The van der Waals surface area contributed by atoms with E-state index >= 15 is 0 Å². The molecule has 0 aliphatic heterocycles. The van der Waals surface area contributed by atoms with Gasteiger partial charge in [0, 0.05) is 12.0 Å². The third kappa shape index (κ3) is 3.52. The average molecular weight is 131 g/mol. The van der Waals surface area contributed by atoms with E-state index in [0.29, 0.717) is 12.0 Å². The number of nitriles is 1. The van der Waals surface area contributed by atoms with E-state index in [2.05, 4.69) is 5.92 Å².